The number of rotatable bonds is 11. The first-order valence-corrected chi connectivity index (χ1v) is 9.10. The number of unbranched alkanes of at least 4 members (excludes halogenated alkanes) is 1. The topological polar surface area (TPSA) is 67.1 Å². The van der Waals surface area contributed by atoms with E-state index < -0.39 is 0 Å². The molecule has 0 aliphatic carbocycles. The normalized spacial score (nSPS) is 12.9. The summed E-state index contributed by atoms with van der Waals surface area (Å²) in [5, 5.41) is 15.0. The Bertz CT molecular complexity index is 506. The van der Waals surface area contributed by atoms with Crippen LogP contribution in [0.15, 0.2) is 17.6 Å². The first kappa shape index (κ1) is 20.2. The highest BCUT2D eigenvalue weighted by molar-refractivity contribution is 5.79. The molecule has 1 aromatic rings. The van der Waals surface area contributed by atoms with Gasteiger partial charge in [-0.15, -0.1) is 16.8 Å². The molecule has 6 heteroatoms. The fraction of sp³-hybridized carbons (Fsp3) is 0.722. The fourth-order valence-corrected chi connectivity index (χ4v) is 2.57. The van der Waals surface area contributed by atoms with Crippen LogP contribution in [0.2, 0.25) is 0 Å². The summed E-state index contributed by atoms with van der Waals surface area (Å²) in [5.41, 5.74) is 0. The van der Waals surface area contributed by atoms with Crippen molar-refractivity contribution in [2.45, 2.75) is 59.4 Å². The van der Waals surface area contributed by atoms with Gasteiger partial charge < -0.3 is 15.2 Å². The average Bonchev–Trinajstić information content (AvgIpc) is 2.90. The molecule has 0 saturated heterocycles. The van der Waals surface area contributed by atoms with Crippen LogP contribution in [-0.4, -0.2) is 33.8 Å². The van der Waals surface area contributed by atoms with E-state index in [9.17, 15) is 0 Å². The molecule has 0 aliphatic heterocycles. The Morgan fingerprint density at radius 3 is 2.62 bits per heavy atom. The van der Waals surface area contributed by atoms with Gasteiger partial charge in [0.15, 0.2) is 11.8 Å². The monoisotopic (exact) mass is 334 g/mol. The molecule has 0 spiro atoms. The molecule has 0 aliphatic rings. The summed E-state index contributed by atoms with van der Waals surface area (Å²) in [4.78, 5) is 4.64. The lowest BCUT2D eigenvalue weighted by molar-refractivity contribution is 0.423. The predicted molar refractivity (Wildman–Crippen MR) is 101 cm³/mol. The summed E-state index contributed by atoms with van der Waals surface area (Å²) in [7, 11) is 1.96. The van der Waals surface area contributed by atoms with Gasteiger partial charge in [0, 0.05) is 20.1 Å². The summed E-state index contributed by atoms with van der Waals surface area (Å²) in [6, 6.07) is 0. The molecule has 2 N–H and O–H groups in total. The van der Waals surface area contributed by atoms with Crippen LogP contribution in [-0.2, 0) is 13.6 Å². The number of nitrogens with one attached hydrogen (secondary N) is 2. The third-order valence-electron chi connectivity index (χ3n) is 4.20. The number of hydrogen-bond acceptors (Lipinski definition) is 3. The molecule has 1 atom stereocenters. The van der Waals surface area contributed by atoms with Crippen molar-refractivity contribution in [1.29, 1.82) is 0 Å². The molecule has 1 unspecified atom stereocenters. The lowest BCUT2D eigenvalue weighted by atomic mass is 9.97. The molecule has 1 aromatic heterocycles. The third-order valence-corrected chi connectivity index (χ3v) is 4.20. The van der Waals surface area contributed by atoms with Gasteiger partial charge in [-0.1, -0.05) is 39.2 Å². The van der Waals surface area contributed by atoms with Crippen LogP contribution in [0, 0.1) is 12.8 Å². The Morgan fingerprint density at radius 2 is 2.04 bits per heavy atom. The van der Waals surface area contributed by atoms with E-state index >= 15 is 0 Å². The molecule has 0 bridgehead atoms. The molecule has 136 valence electrons. The van der Waals surface area contributed by atoms with E-state index in [1.54, 1.807) is 0 Å². The fourth-order valence-electron chi connectivity index (χ4n) is 2.57. The van der Waals surface area contributed by atoms with Gasteiger partial charge in [0.25, 0.3) is 0 Å². The number of guanidine groups is 1. The van der Waals surface area contributed by atoms with E-state index in [2.05, 4.69) is 46.2 Å². The van der Waals surface area contributed by atoms with Crippen molar-refractivity contribution in [3.05, 3.63) is 24.3 Å². The predicted octanol–water partition coefficient (Wildman–Crippen LogP) is 2.95. The van der Waals surface area contributed by atoms with E-state index in [1.807, 2.05) is 24.6 Å². The largest absolute Gasteiger partial charge is 0.356 e. The van der Waals surface area contributed by atoms with Crippen molar-refractivity contribution in [3.63, 3.8) is 0 Å². The van der Waals surface area contributed by atoms with E-state index in [4.69, 9.17) is 0 Å². The average molecular weight is 335 g/mol. The lowest BCUT2D eigenvalue weighted by Crippen LogP contribution is -2.40. The molecule has 1 rings (SSSR count). The molecule has 0 aromatic carbocycles. The Morgan fingerprint density at radius 1 is 1.25 bits per heavy atom. The Kier molecular flexibility index (Phi) is 9.80. The van der Waals surface area contributed by atoms with Crippen molar-refractivity contribution < 1.29 is 0 Å². The lowest BCUT2D eigenvalue weighted by Gasteiger charge is -2.19. The summed E-state index contributed by atoms with van der Waals surface area (Å²) >= 11 is 0. The quantitative estimate of drug-likeness (QED) is 0.371. The van der Waals surface area contributed by atoms with Crippen molar-refractivity contribution in [2.24, 2.45) is 18.0 Å². The molecule has 0 fully saturated rings. The Balaban J connectivity index is 2.63. The van der Waals surface area contributed by atoms with Crippen molar-refractivity contribution in [2.75, 3.05) is 13.1 Å². The Hall–Kier alpha value is -1.85. The maximum absolute atomic E-state index is 4.64. The number of aromatic nitrogens is 3. The third kappa shape index (κ3) is 7.15. The number of aryl methyl sites for hydroxylation is 1. The van der Waals surface area contributed by atoms with Crippen LogP contribution in [0.25, 0.3) is 0 Å². The highest BCUT2D eigenvalue weighted by atomic mass is 15.3. The summed E-state index contributed by atoms with van der Waals surface area (Å²) < 4.78 is 1.97. The van der Waals surface area contributed by atoms with Crippen LogP contribution < -0.4 is 10.6 Å². The molecular formula is C18H34N6. The van der Waals surface area contributed by atoms with Gasteiger partial charge in [-0.25, -0.2) is 4.99 Å². The Labute approximate surface area is 146 Å². The smallest absolute Gasteiger partial charge is 0.191 e. The van der Waals surface area contributed by atoms with E-state index in [-0.39, 0.29) is 0 Å². The maximum Gasteiger partial charge on any atom is 0.191 e. The van der Waals surface area contributed by atoms with E-state index in [1.165, 1.54) is 32.1 Å². The van der Waals surface area contributed by atoms with Crippen LogP contribution in [0.4, 0.5) is 0 Å². The van der Waals surface area contributed by atoms with Crippen molar-refractivity contribution >= 4 is 5.96 Å². The molecule has 0 saturated carbocycles. The van der Waals surface area contributed by atoms with E-state index in [0.717, 1.165) is 24.2 Å². The number of nitrogens with zero attached hydrogens (tertiary/aromatic N) is 4. The first-order chi connectivity index (χ1) is 11.6. The second-order valence-corrected chi connectivity index (χ2v) is 6.23. The van der Waals surface area contributed by atoms with Crippen LogP contribution in [0.1, 0.15) is 57.6 Å². The molecular weight excluding hydrogens is 300 g/mol. The van der Waals surface area contributed by atoms with Gasteiger partial charge >= 0.3 is 0 Å². The molecule has 0 amide bonds. The zero-order valence-electron chi connectivity index (χ0n) is 15.8. The van der Waals surface area contributed by atoms with Gasteiger partial charge in [0.05, 0.1) is 0 Å². The van der Waals surface area contributed by atoms with Gasteiger partial charge in [-0.2, -0.15) is 0 Å². The highest BCUT2D eigenvalue weighted by Gasteiger charge is 2.09. The van der Waals surface area contributed by atoms with Gasteiger partial charge in [0.2, 0.25) is 0 Å². The van der Waals surface area contributed by atoms with Gasteiger partial charge in [0.1, 0.15) is 12.4 Å². The van der Waals surface area contributed by atoms with Crippen LogP contribution in [0.3, 0.4) is 0 Å². The summed E-state index contributed by atoms with van der Waals surface area (Å²) in [5.74, 6) is 3.27. The van der Waals surface area contributed by atoms with Crippen LogP contribution >= 0.6 is 0 Å². The molecule has 24 heavy (non-hydrogen) atoms. The minimum Gasteiger partial charge on any atom is -0.356 e. The maximum atomic E-state index is 4.64. The number of hydrogen-bond donors (Lipinski definition) is 2. The highest BCUT2D eigenvalue weighted by Crippen LogP contribution is 2.13. The zero-order chi connectivity index (χ0) is 17.8. The minimum absolute atomic E-state index is 0.511. The molecule has 1 heterocycles. The van der Waals surface area contributed by atoms with Crippen molar-refractivity contribution in [1.82, 2.24) is 25.4 Å². The van der Waals surface area contributed by atoms with Gasteiger partial charge in [-0.3, -0.25) is 0 Å². The zero-order valence-corrected chi connectivity index (χ0v) is 15.8. The molecule has 6 nitrogen and oxygen atoms in total. The van der Waals surface area contributed by atoms with Crippen LogP contribution in [0.5, 0.6) is 0 Å². The van der Waals surface area contributed by atoms with Crippen molar-refractivity contribution in [3.8, 4) is 0 Å². The van der Waals surface area contributed by atoms with E-state index in [0.29, 0.717) is 19.0 Å². The standard InChI is InChI=1S/C18H34N6/c1-6-9-11-16(10-7-2)13-20-18(19-12-8-3)21-14-17-23-22-15(4)24(17)5/h8,16H,3,6-7,9-14H2,1-2,4-5H3,(H2,19,20,21). The van der Waals surface area contributed by atoms with Gasteiger partial charge in [-0.05, 0) is 25.7 Å². The minimum atomic E-state index is 0.511. The summed E-state index contributed by atoms with van der Waals surface area (Å²) in [6.07, 6.45) is 8.13. The first-order valence-electron chi connectivity index (χ1n) is 9.10. The SMILES string of the molecule is C=CCNC(=NCc1nnc(C)n1C)NCC(CCC)CCCC. The second-order valence-electron chi connectivity index (χ2n) is 6.23. The number of aliphatic imine (C=N–C) groups is 1. The summed E-state index contributed by atoms with van der Waals surface area (Å²) in [6.45, 7) is 12.4. The molecule has 0 radical (unpaired) electrons. The second kappa shape index (κ2) is 11.6.